The Bertz CT molecular complexity index is 922. The van der Waals surface area contributed by atoms with E-state index in [1.54, 1.807) is 14.2 Å². The second kappa shape index (κ2) is 10.8. The number of nitrogens with one attached hydrogen (secondary N) is 2. The highest BCUT2D eigenvalue weighted by molar-refractivity contribution is 5.96. The summed E-state index contributed by atoms with van der Waals surface area (Å²) in [6, 6.07) is 9.25. The van der Waals surface area contributed by atoms with Crippen LogP contribution in [0.5, 0.6) is 11.5 Å². The van der Waals surface area contributed by atoms with Gasteiger partial charge in [0.05, 0.1) is 26.8 Å². The lowest BCUT2D eigenvalue weighted by molar-refractivity contribution is -0.127. The molecule has 0 unspecified atom stereocenters. The summed E-state index contributed by atoms with van der Waals surface area (Å²) in [5.74, 6) is 0.859. The van der Waals surface area contributed by atoms with Gasteiger partial charge >= 0.3 is 0 Å². The third kappa shape index (κ3) is 6.21. The van der Waals surface area contributed by atoms with Crippen LogP contribution in [0.25, 0.3) is 0 Å². The Morgan fingerprint density at radius 1 is 1.00 bits per heavy atom. The van der Waals surface area contributed by atoms with Crippen LogP contribution < -0.4 is 20.1 Å². The quantitative estimate of drug-likeness (QED) is 0.642. The predicted octanol–water partition coefficient (Wildman–Crippen LogP) is 3.20. The predicted molar refractivity (Wildman–Crippen MR) is 123 cm³/mol. The molecule has 0 saturated heterocycles. The number of aryl methyl sites for hydroxylation is 3. The van der Waals surface area contributed by atoms with Crippen molar-refractivity contribution in [2.75, 3.05) is 33.1 Å². The number of anilines is 1. The Kier molecular flexibility index (Phi) is 8.45. The SMILES string of the molecule is COc1cc(C)c(CN(C)[C@@H](C)C(=O)NCC(=O)Nc2c(C)cccc2C)cc1OC. The average molecular weight is 428 g/mol. The van der Waals surface area contributed by atoms with Crippen LogP contribution in [-0.4, -0.2) is 50.6 Å². The maximum absolute atomic E-state index is 12.6. The molecular formula is C24H33N3O4. The minimum absolute atomic E-state index is 0.0832. The molecule has 2 aromatic carbocycles. The van der Waals surface area contributed by atoms with E-state index < -0.39 is 6.04 Å². The van der Waals surface area contributed by atoms with Gasteiger partial charge in [-0.05, 0) is 69.1 Å². The first-order valence-electron chi connectivity index (χ1n) is 10.2. The van der Waals surface area contributed by atoms with Crippen LogP contribution in [0.1, 0.15) is 29.2 Å². The van der Waals surface area contributed by atoms with Gasteiger partial charge in [0.15, 0.2) is 11.5 Å². The van der Waals surface area contributed by atoms with Crippen molar-refractivity contribution in [1.82, 2.24) is 10.2 Å². The number of likely N-dealkylation sites (N-methyl/N-ethyl adjacent to an activating group) is 1. The van der Waals surface area contributed by atoms with Crippen molar-refractivity contribution in [3.63, 3.8) is 0 Å². The molecule has 0 aromatic heterocycles. The molecule has 0 fully saturated rings. The topological polar surface area (TPSA) is 79.9 Å². The van der Waals surface area contributed by atoms with Gasteiger partial charge in [0, 0.05) is 12.2 Å². The van der Waals surface area contributed by atoms with Crippen molar-refractivity contribution in [2.45, 2.75) is 40.3 Å². The number of hydrogen-bond donors (Lipinski definition) is 2. The van der Waals surface area contributed by atoms with Crippen LogP contribution in [-0.2, 0) is 16.1 Å². The lowest BCUT2D eigenvalue weighted by Crippen LogP contribution is -2.45. The Labute approximate surface area is 184 Å². The van der Waals surface area contributed by atoms with Crippen LogP contribution in [0.15, 0.2) is 30.3 Å². The highest BCUT2D eigenvalue weighted by Crippen LogP contribution is 2.30. The summed E-state index contributed by atoms with van der Waals surface area (Å²) in [6.07, 6.45) is 0. The molecule has 168 valence electrons. The normalized spacial score (nSPS) is 11.7. The van der Waals surface area contributed by atoms with Gasteiger partial charge in [-0.15, -0.1) is 0 Å². The standard InChI is InChI=1S/C24H33N3O4/c1-15-9-8-10-16(2)23(15)26-22(28)13-25-24(29)18(4)27(5)14-19-12-21(31-7)20(30-6)11-17(19)3/h8-12,18H,13-14H2,1-7H3,(H,25,29)(H,26,28)/t18-/m0/s1. The van der Waals surface area contributed by atoms with Crippen molar-refractivity contribution >= 4 is 17.5 Å². The first-order valence-corrected chi connectivity index (χ1v) is 10.2. The lowest BCUT2D eigenvalue weighted by atomic mass is 10.1. The molecule has 2 aromatic rings. The number of rotatable bonds is 9. The Balaban J connectivity index is 1.95. The van der Waals surface area contributed by atoms with Crippen molar-refractivity contribution in [1.29, 1.82) is 0 Å². The number of methoxy groups -OCH3 is 2. The molecule has 31 heavy (non-hydrogen) atoms. The van der Waals surface area contributed by atoms with Gasteiger partial charge in [-0.25, -0.2) is 0 Å². The summed E-state index contributed by atoms with van der Waals surface area (Å²) in [7, 11) is 5.07. The van der Waals surface area contributed by atoms with Gasteiger partial charge in [-0.1, -0.05) is 18.2 Å². The zero-order chi connectivity index (χ0) is 23.1. The van der Waals surface area contributed by atoms with E-state index in [4.69, 9.17) is 9.47 Å². The molecule has 0 bridgehead atoms. The van der Waals surface area contributed by atoms with E-state index in [1.165, 1.54) is 0 Å². The van der Waals surface area contributed by atoms with Gasteiger partial charge in [0.2, 0.25) is 11.8 Å². The van der Waals surface area contributed by atoms with E-state index in [0.29, 0.717) is 18.0 Å². The van der Waals surface area contributed by atoms with E-state index in [-0.39, 0.29) is 18.4 Å². The molecule has 7 nitrogen and oxygen atoms in total. The molecule has 0 heterocycles. The summed E-state index contributed by atoms with van der Waals surface area (Å²) in [5, 5.41) is 5.61. The largest absolute Gasteiger partial charge is 0.493 e. The van der Waals surface area contributed by atoms with E-state index in [1.807, 2.05) is 70.0 Å². The zero-order valence-corrected chi connectivity index (χ0v) is 19.5. The van der Waals surface area contributed by atoms with E-state index in [2.05, 4.69) is 10.6 Å². The number of carbonyl (C=O) groups excluding carboxylic acids is 2. The fourth-order valence-electron chi connectivity index (χ4n) is 3.31. The highest BCUT2D eigenvalue weighted by Gasteiger charge is 2.20. The van der Waals surface area contributed by atoms with Gasteiger partial charge < -0.3 is 20.1 Å². The van der Waals surface area contributed by atoms with Crippen LogP contribution in [0.3, 0.4) is 0 Å². The molecular weight excluding hydrogens is 394 g/mol. The van der Waals surface area contributed by atoms with Gasteiger partial charge in [-0.3, -0.25) is 14.5 Å². The summed E-state index contributed by atoms with van der Waals surface area (Å²) in [6.45, 7) is 8.15. The van der Waals surface area contributed by atoms with Gasteiger partial charge in [0.1, 0.15) is 0 Å². The molecule has 0 spiro atoms. The van der Waals surface area contributed by atoms with Crippen molar-refractivity contribution in [3.8, 4) is 11.5 Å². The molecule has 2 amide bonds. The van der Waals surface area contributed by atoms with Gasteiger partial charge in [-0.2, -0.15) is 0 Å². The lowest BCUT2D eigenvalue weighted by Gasteiger charge is -2.25. The summed E-state index contributed by atoms with van der Waals surface area (Å²) >= 11 is 0. The summed E-state index contributed by atoms with van der Waals surface area (Å²) in [4.78, 5) is 26.8. The molecule has 7 heteroatoms. The molecule has 1 atom stereocenters. The zero-order valence-electron chi connectivity index (χ0n) is 19.5. The number of nitrogens with zero attached hydrogens (tertiary/aromatic N) is 1. The third-order valence-corrected chi connectivity index (χ3v) is 5.47. The minimum Gasteiger partial charge on any atom is -0.493 e. The highest BCUT2D eigenvalue weighted by atomic mass is 16.5. The Hall–Kier alpha value is -3.06. The van der Waals surface area contributed by atoms with Crippen molar-refractivity contribution < 1.29 is 19.1 Å². The fourth-order valence-corrected chi connectivity index (χ4v) is 3.31. The molecule has 2 rings (SSSR count). The molecule has 0 aliphatic rings. The fraction of sp³-hybridized carbons (Fsp3) is 0.417. The van der Waals surface area contributed by atoms with Crippen LogP contribution in [0, 0.1) is 20.8 Å². The van der Waals surface area contributed by atoms with Crippen molar-refractivity contribution in [2.24, 2.45) is 0 Å². The molecule has 0 saturated carbocycles. The number of para-hydroxylation sites is 1. The van der Waals surface area contributed by atoms with Crippen LogP contribution in [0.2, 0.25) is 0 Å². The van der Waals surface area contributed by atoms with Crippen molar-refractivity contribution in [3.05, 3.63) is 52.6 Å². The number of carbonyl (C=O) groups is 2. The monoisotopic (exact) mass is 427 g/mol. The number of hydrogen-bond acceptors (Lipinski definition) is 5. The average Bonchev–Trinajstić information content (AvgIpc) is 2.75. The molecule has 0 aliphatic heterocycles. The van der Waals surface area contributed by atoms with Crippen LogP contribution in [0.4, 0.5) is 5.69 Å². The Morgan fingerprint density at radius 2 is 1.58 bits per heavy atom. The summed E-state index contributed by atoms with van der Waals surface area (Å²) in [5.41, 5.74) is 4.84. The first-order chi connectivity index (χ1) is 14.7. The number of benzene rings is 2. The number of amides is 2. The van der Waals surface area contributed by atoms with E-state index in [9.17, 15) is 9.59 Å². The first kappa shape index (κ1) is 24.2. The maximum atomic E-state index is 12.6. The van der Waals surface area contributed by atoms with Gasteiger partial charge in [0.25, 0.3) is 0 Å². The second-order valence-electron chi connectivity index (χ2n) is 7.76. The molecule has 0 radical (unpaired) electrons. The van der Waals surface area contributed by atoms with Crippen LogP contribution >= 0.6 is 0 Å². The smallest absolute Gasteiger partial charge is 0.243 e. The van der Waals surface area contributed by atoms with E-state index in [0.717, 1.165) is 27.9 Å². The summed E-state index contributed by atoms with van der Waals surface area (Å²) < 4.78 is 10.7. The number of ether oxygens (including phenoxy) is 2. The maximum Gasteiger partial charge on any atom is 0.243 e. The second-order valence-corrected chi connectivity index (χ2v) is 7.76. The van der Waals surface area contributed by atoms with E-state index >= 15 is 0 Å². The molecule has 0 aliphatic carbocycles. The Morgan fingerprint density at radius 3 is 2.16 bits per heavy atom. The third-order valence-electron chi connectivity index (χ3n) is 5.47. The molecule has 2 N–H and O–H groups in total. The minimum atomic E-state index is -0.416.